The van der Waals surface area contributed by atoms with Crippen molar-refractivity contribution < 1.29 is 14.3 Å². The van der Waals surface area contributed by atoms with Gasteiger partial charge < -0.3 is 10.1 Å². The minimum absolute atomic E-state index is 0.00518. The van der Waals surface area contributed by atoms with Gasteiger partial charge in [-0.15, -0.1) is 0 Å². The summed E-state index contributed by atoms with van der Waals surface area (Å²) in [4.78, 5) is 38.4. The summed E-state index contributed by atoms with van der Waals surface area (Å²) in [5, 5.41) is 7.98. The molecule has 0 radical (unpaired) electrons. The first-order valence-electron chi connectivity index (χ1n) is 11.5. The highest BCUT2D eigenvalue weighted by atomic mass is 16.5. The van der Waals surface area contributed by atoms with Crippen LogP contribution in [0, 0.1) is 0 Å². The highest BCUT2D eigenvalue weighted by molar-refractivity contribution is 6.02. The van der Waals surface area contributed by atoms with E-state index >= 15 is 0 Å². The third-order valence-corrected chi connectivity index (χ3v) is 5.67. The van der Waals surface area contributed by atoms with E-state index in [1.54, 1.807) is 24.3 Å². The van der Waals surface area contributed by atoms with Crippen molar-refractivity contribution in [1.82, 2.24) is 15.1 Å². The fraction of sp³-hybridized carbons (Fsp3) is 0.214. The number of benzene rings is 3. The lowest BCUT2D eigenvalue weighted by atomic mass is 9.99. The molecule has 1 atom stereocenters. The molecule has 1 aromatic heterocycles. The summed E-state index contributed by atoms with van der Waals surface area (Å²) in [5.41, 5.74) is 1.75. The summed E-state index contributed by atoms with van der Waals surface area (Å²) in [6, 6.07) is 25.7. The molecule has 4 aromatic rings. The van der Waals surface area contributed by atoms with E-state index in [0.717, 1.165) is 11.1 Å². The highest BCUT2D eigenvalue weighted by Gasteiger charge is 2.21. The van der Waals surface area contributed by atoms with E-state index in [-0.39, 0.29) is 23.3 Å². The van der Waals surface area contributed by atoms with Gasteiger partial charge in [0.1, 0.15) is 0 Å². The van der Waals surface area contributed by atoms with Gasteiger partial charge in [0.05, 0.1) is 17.5 Å². The number of aromatic nitrogens is 2. The van der Waals surface area contributed by atoms with Crippen LogP contribution in [-0.4, -0.2) is 28.3 Å². The van der Waals surface area contributed by atoms with Crippen LogP contribution in [-0.2, 0) is 16.0 Å². The molecule has 0 saturated heterocycles. The maximum absolute atomic E-state index is 12.9. The maximum atomic E-state index is 12.9. The van der Waals surface area contributed by atoms with Crippen molar-refractivity contribution >= 4 is 22.6 Å². The average molecular weight is 470 g/mol. The zero-order valence-corrected chi connectivity index (χ0v) is 19.7. The molecule has 35 heavy (non-hydrogen) atoms. The van der Waals surface area contributed by atoms with Crippen LogP contribution < -0.4 is 10.9 Å². The maximum Gasteiger partial charge on any atom is 0.359 e. The molecule has 0 aliphatic rings. The molecule has 178 valence electrons. The van der Waals surface area contributed by atoms with Gasteiger partial charge >= 0.3 is 5.97 Å². The standard InChI is InChI=1S/C28H27N3O4/c1-19(2)31-27(33)23-16-10-9-15-22(23)26(30-31)28(34)35-18-25(32)29-24(21-13-7-4-8-14-21)17-20-11-5-3-6-12-20/h3-16,19,24H,17-18H2,1-2H3,(H,29,32). The summed E-state index contributed by atoms with van der Waals surface area (Å²) in [7, 11) is 0. The summed E-state index contributed by atoms with van der Waals surface area (Å²) in [5.74, 6) is -1.19. The van der Waals surface area contributed by atoms with Crippen molar-refractivity contribution in [1.29, 1.82) is 0 Å². The molecule has 0 aliphatic carbocycles. The molecule has 0 bridgehead atoms. The summed E-state index contributed by atoms with van der Waals surface area (Å²) in [6.07, 6.45) is 0.593. The molecule has 4 rings (SSSR count). The number of ether oxygens (including phenoxy) is 1. The van der Waals surface area contributed by atoms with E-state index in [1.165, 1.54) is 4.68 Å². The lowest BCUT2D eigenvalue weighted by Crippen LogP contribution is -2.34. The normalized spacial score (nSPS) is 11.9. The van der Waals surface area contributed by atoms with Crippen LogP contribution in [0.5, 0.6) is 0 Å². The van der Waals surface area contributed by atoms with Crippen LogP contribution >= 0.6 is 0 Å². The largest absolute Gasteiger partial charge is 0.451 e. The van der Waals surface area contributed by atoms with Gasteiger partial charge in [-0.25, -0.2) is 9.48 Å². The van der Waals surface area contributed by atoms with Crippen molar-refractivity contribution in [3.05, 3.63) is 112 Å². The first-order chi connectivity index (χ1) is 16.9. The van der Waals surface area contributed by atoms with Gasteiger partial charge in [0, 0.05) is 5.39 Å². The van der Waals surface area contributed by atoms with E-state index in [9.17, 15) is 14.4 Å². The first-order valence-corrected chi connectivity index (χ1v) is 11.5. The Bertz CT molecular complexity index is 1380. The molecule has 0 spiro atoms. The third kappa shape index (κ3) is 5.63. The molecule has 1 unspecified atom stereocenters. The number of carbonyl (C=O) groups excluding carboxylic acids is 2. The second kappa shape index (κ2) is 10.8. The number of nitrogens with one attached hydrogen (secondary N) is 1. The van der Waals surface area contributed by atoms with Crippen LogP contribution in [0.1, 0.15) is 47.5 Å². The molecular weight excluding hydrogens is 442 g/mol. The number of rotatable bonds is 8. The molecule has 7 nitrogen and oxygen atoms in total. The van der Waals surface area contributed by atoms with Crippen LogP contribution in [0.15, 0.2) is 89.7 Å². The van der Waals surface area contributed by atoms with Gasteiger partial charge in [-0.3, -0.25) is 9.59 Å². The van der Waals surface area contributed by atoms with Crippen molar-refractivity contribution in [3.8, 4) is 0 Å². The van der Waals surface area contributed by atoms with E-state index in [0.29, 0.717) is 17.2 Å². The number of fused-ring (bicyclic) bond motifs is 1. The van der Waals surface area contributed by atoms with Crippen LogP contribution in [0.4, 0.5) is 0 Å². The summed E-state index contributed by atoms with van der Waals surface area (Å²) in [6.45, 7) is 3.15. The van der Waals surface area contributed by atoms with Gasteiger partial charge in [-0.05, 0) is 37.5 Å². The third-order valence-electron chi connectivity index (χ3n) is 5.67. The molecule has 0 aliphatic heterocycles. The molecule has 0 saturated carbocycles. The Balaban J connectivity index is 1.50. The Morgan fingerprint density at radius 1 is 0.886 bits per heavy atom. The monoisotopic (exact) mass is 469 g/mol. The molecule has 7 heteroatoms. The number of hydrogen-bond donors (Lipinski definition) is 1. The van der Waals surface area contributed by atoms with E-state index in [2.05, 4.69) is 10.4 Å². The molecular formula is C28H27N3O4. The van der Waals surface area contributed by atoms with Crippen molar-refractivity contribution in [3.63, 3.8) is 0 Å². The number of esters is 1. The zero-order chi connectivity index (χ0) is 24.8. The van der Waals surface area contributed by atoms with Crippen molar-refractivity contribution in [2.45, 2.75) is 32.4 Å². The predicted octanol–water partition coefficient (Wildman–Crippen LogP) is 4.23. The Hall–Kier alpha value is -4.26. The summed E-state index contributed by atoms with van der Waals surface area (Å²) >= 11 is 0. The number of nitrogens with zero attached hydrogens (tertiary/aromatic N) is 2. The lowest BCUT2D eigenvalue weighted by molar-refractivity contribution is -0.125. The minimum Gasteiger partial charge on any atom is -0.451 e. The van der Waals surface area contributed by atoms with Gasteiger partial charge in [-0.2, -0.15) is 5.10 Å². The zero-order valence-electron chi connectivity index (χ0n) is 19.7. The number of hydrogen-bond acceptors (Lipinski definition) is 5. The fourth-order valence-electron chi connectivity index (χ4n) is 3.93. The summed E-state index contributed by atoms with van der Waals surface area (Å²) < 4.78 is 6.58. The predicted molar refractivity (Wildman–Crippen MR) is 134 cm³/mol. The van der Waals surface area contributed by atoms with Gasteiger partial charge in [0.15, 0.2) is 12.3 Å². The van der Waals surface area contributed by atoms with E-state index < -0.39 is 18.5 Å². The van der Waals surface area contributed by atoms with Crippen LogP contribution in [0.25, 0.3) is 10.8 Å². The van der Waals surface area contributed by atoms with Crippen molar-refractivity contribution in [2.75, 3.05) is 6.61 Å². The quantitative estimate of drug-likeness (QED) is 0.390. The Morgan fingerprint density at radius 3 is 2.14 bits per heavy atom. The van der Waals surface area contributed by atoms with Gasteiger partial charge in [0.2, 0.25) is 0 Å². The smallest absolute Gasteiger partial charge is 0.359 e. The second-order valence-corrected chi connectivity index (χ2v) is 8.53. The SMILES string of the molecule is CC(C)n1nc(C(=O)OCC(=O)NC(Cc2ccccc2)c2ccccc2)c2ccccc2c1=O. The second-order valence-electron chi connectivity index (χ2n) is 8.53. The van der Waals surface area contributed by atoms with Gasteiger partial charge in [-0.1, -0.05) is 78.9 Å². The Morgan fingerprint density at radius 2 is 1.49 bits per heavy atom. The highest BCUT2D eigenvalue weighted by Crippen LogP contribution is 2.19. The molecule has 3 aromatic carbocycles. The van der Waals surface area contributed by atoms with Crippen molar-refractivity contribution in [2.24, 2.45) is 0 Å². The van der Waals surface area contributed by atoms with Crippen LogP contribution in [0.2, 0.25) is 0 Å². The Labute approximate surface area is 203 Å². The molecule has 1 heterocycles. The lowest BCUT2D eigenvalue weighted by Gasteiger charge is -2.19. The Kier molecular flexibility index (Phi) is 7.35. The topological polar surface area (TPSA) is 90.3 Å². The minimum atomic E-state index is -0.759. The fourth-order valence-corrected chi connectivity index (χ4v) is 3.93. The first kappa shape index (κ1) is 23.9. The molecule has 1 N–H and O–H groups in total. The van der Waals surface area contributed by atoms with E-state index in [1.807, 2.05) is 74.5 Å². The number of amides is 1. The van der Waals surface area contributed by atoms with E-state index in [4.69, 9.17) is 4.74 Å². The molecule has 1 amide bonds. The van der Waals surface area contributed by atoms with Gasteiger partial charge in [0.25, 0.3) is 11.5 Å². The molecule has 0 fully saturated rings. The average Bonchev–Trinajstić information content (AvgIpc) is 2.88. The number of carbonyl (C=O) groups is 2. The van der Waals surface area contributed by atoms with Crippen LogP contribution in [0.3, 0.4) is 0 Å².